The number of hydrogen-bond acceptors (Lipinski definition) is 5. The van der Waals surface area contributed by atoms with Gasteiger partial charge in [-0.1, -0.05) is 0 Å². The molecule has 1 saturated heterocycles. The number of fused-ring (bicyclic) bond motifs is 1. The van der Waals surface area contributed by atoms with Gasteiger partial charge in [-0.3, -0.25) is 0 Å². The van der Waals surface area contributed by atoms with Crippen molar-refractivity contribution in [3.05, 3.63) is 18.1 Å². The van der Waals surface area contributed by atoms with Gasteiger partial charge in [0, 0.05) is 31.3 Å². The predicted molar refractivity (Wildman–Crippen MR) is 67.9 cm³/mol. The summed E-state index contributed by atoms with van der Waals surface area (Å²) >= 11 is 0. The quantitative estimate of drug-likeness (QED) is 0.886. The average molecular weight is 283 g/mol. The van der Waals surface area contributed by atoms with Crippen LogP contribution in [0.15, 0.2) is 12.4 Å². The zero-order valence-electron chi connectivity index (χ0n) is 11.0. The van der Waals surface area contributed by atoms with Gasteiger partial charge in [0.2, 0.25) is 0 Å². The van der Waals surface area contributed by atoms with E-state index in [-0.39, 0.29) is 19.5 Å². The van der Waals surface area contributed by atoms with Crippen LogP contribution in [-0.2, 0) is 0 Å². The molecule has 1 aliphatic rings. The Bertz CT molecular complexity index is 629. The molecule has 3 rings (SSSR count). The van der Waals surface area contributed by atoms with E-state index in [1.54, 1.807) is 11.0 Å². The van der Waals surface area contributed by atoms with Crippen LogP contribution < -0.4 is 4.90 Å². The summed E-state index contributed by atoms with van der Waals surface area (Å²) in [6.45, 7) is 1.58. The Balaban J connectivity index is 1.97. The van der Waals surface area contributed by atoms with Crippen molar-refractivity contribution in [2.75, 3.05) is 24.6 Å². The van der Waals surface area contributed by atoms with Crippen LogP contribution in [0.25, 0.3) is 5.78 Å². The molecule has 1 N–H and O–H groups in total. The second-order valence-corrected chi connectivity index (χ2v) is 5.06. The zero-order valence-corrected chi connectivity index (χ0v) is 11.0. The number of hydrogen-bond donors (Lipinski definition) is 1. The number of anilines is 1. The Morgan fingerprint density at radius 3 is 3.05 bits per heavy atom. The van der Waals surface area contributed by atoms with Crippen LogP contribution in [0.3, 0.4) is 0 Å². The molecular formula is C12H15F2N5O. The summed E-state index contributed by atoms with van der Waals surface area (Å²) in [6, 6.07) is 1.79. The first kappa shape index (κ1) is 13.2. The highest BCUT2D eigenvalue weighted by atomic mass is 19.3. The van der Waals surface area contributed by atoms with Crippen LogP contribution in [0.4, 0.5) is 14.6 Å². The number of aryl methyl sites for hydroxylation is 1. The van der Waals surface area contributed by atoms with E-state index in [1.165, 1.54) is 10.8 Å². The van der Waals surface area contributed by atoms with Crippen molar-refractivity contribution in [3.63, 3.8) is 0 Å². The lowest BCUT2D eigenvalue weighted by Crippen LogP contribution is -2.49. The van der Waals surface area contributed by atoms with Crippen molar-refractivity contribution in [1.29, 1.82) is 0 Å². The number of aliphatic hydroxyl groups excluding tert-OH is 1. The SMILES string of the molecule is Cc1cc(N2CCC(F)(F)C(CO)C2)n2ncnc2n1. The second kappa shape index (κ2) is 4.62. The van der Waals surface area contributed by atoms with E-state index in [0.717, 1.165) is 5.69 Å². The summed E-state index contributed by atoms with van der Waals surface area (Å²) in [4.78, 5) is 10.0. The molecule has 2 aromatic heterocycles. The molecule has 0 saturated carbocycles. The molecule has 1 aliphatic heterocycles. The topological polar surface area (TPSA) is 66.5 Å². The summed E-state index contributed by atoms with van der Waals surface area (Å²) in [7, 11) is 0. The highest BCUT2D eigenvalue weighted by Crippen LogP contribution is 2.35. The van der Waals surface area contributed by atoms with Gasteiger partial charge >= 0.3 is 0 Å². The third kappa shape index (κ3) is 2.09. The molecule has 8 heteroatoms. The first-order valence-corrected chi connectivity index (χ1v) is 6.42. The summed E-state index contributed by atoms with van der Waals surface area (Å²) in [5.41, 5.74) is 0.749. The Kier molecular flexibility index (Phi) is 3.04. The van der Waals surface area contributed by atoms with Gasteiger partial charge < -0.3 is 10.0 Å². The van der Waals surface area contributed by atoms with Gasteiger partial charge in [0.1, 0.15) is 12.1 Å². The summed E-state index contributed by atoms with van der Waals surface area (Å²) in [5.74, 6) is -2.77. The van der Waals surface area contributed by atoms with E-state index in [2.05, 4.69) is 15.1 Å². The fourth-order valence-corrected chi connectivity index (χ4v) is 2.51. The van der Waals surface area contributed by atoms with Gasteiger partial charge in [-0.25, -0.2) is 13.8 Å². The standard InChI is InChI=1S/C12H15F2N5O/c1-8-4-10(19-11(17-8)15-7-16-19)18-3-2-12(13,14)9(5-18)6-20/h4,7,9,20H,2-3,5-6H2,1H3. The molecule has 1 fully saturated rings. The molecule has 0 aromatic carbocycles. The van der Waals surface area contributed by atoms with Crippen LogP contribution in [0, 0.1) is 12.8 Å². The number of alkyl halides is 2. The van der Waals surface area contributed by atoms with Gasteiger partial charge in [-0.2, -0.15) is 14.6 Å². The minimum Gasteiger partial charge on any atom is -0.396 e. The lowest BCUT2D eigenvalue weighted by molar-refractivity contribution is -0.0881. The van der Waals surface area contributed by atoms with Gasteiger partial charge in [0.15, 0.2) is 0 Å². The first-order chi connectivity index (χ1) is 9.51. The Morgan fingerprint density at radius 2 is 2.30 bits per heavy atom. The molecule has 3 heterocycles. The number of halogens is 2. The molecule has 2 aromatic rings. The third-order valence-electron chi connectivity index (χ3n) is 3.66. The number of rotatable bonds is 2. The molecule has 0 spiro atoms. The van der Waals surface area contributed by atoms with Crippen molar-refractivity contribution in [2.45, 2.75) is 19.3 Å². The van der Waals surface area contributed by atoms with E-state index in [1.807, 2.05) is 6.92 Å². The summed E-state index contributed by atoms with van der Waals surface area (Å²) < 4.78 is 28.8. The minimum absolute atomic E-state index is 0.0852. The van der Waals surface area contributed by atoms with E-state index in [0.29, 0.717) is 11.6 Å². The Labute approximate surface area is 114 Å². The highest BCUT2D eigenvalue weighted by molar-refractivity contribution is 5.47. The molecule has 6 nitrogen and oxygen atoms in total. The monoisotopic (exact) mass is 283 g/mol. The molecule has 0 bridgehead atoms. The third-order valence-corrected chi connectivity index (χ3v) is 3.66. The van der Waals surface area contributed by atoms with Gasteiger partial charge in [-0.15, -0.1) is 0 Å². The van der Waals surface area contributed by atoms with Crippen LogP contribution >= 0.6 is 0 Å². The van der Waals surface area contributed by atoms with Crippen molar-refractivity contribution in [2.24, 2.45) is 5.92 Å². The van der Waals surface area contributed by atoms with Crippen LogP contribution in [0.2, 0.25) is 0 Å². The van der Waals surface area contributed by atoms with Crippen LogP contribution in [-0.4, -0.2) is 50.3 Å². The predicted octanol–water partition coefficient (Wildman–Crippen LogP) is 0.887. The van der Waals surface area contributed by atoms with E-state index in [9.17, 15) is 8.78 Å². The molecule has 108 valence electrons. The number of piperidine rings is 1. The highest BCUT2D eigenvalue weighted by Gasteiger charge is 2.44. The number of aromatic nitrogens is 4. The molecule has 0 aliphatic carbocycles. The molecule has 20 heavy (non-hydrogen) atoms. The molecule has 0 amide bonds. The lowest BCUT2D eigenvalue weighted by Gasteiger charge is -2.38. The minimum atomic E-state index is -2.82. The van der Waals surface area contributed by atoms with Crippen molar-refractivity contribution in [1.82, 2.24) is 19.6 Å². The van der Waals surface area contributed by atoms with Gasteiger partial charge in [0.25, 0.3) is 11.7 Å². The van der Waals surface area contributed by atoms with Crippen LogP contribution in [0.5, 0.6) is 0 Å². The maximum absolute atomic E-state index is 13.7. The van der Waals surface area contributed by atoms with Crippen molar-refractivity contribution in [3.8, 4) is 0 Å². The number of aliphatic hydroxyl groups is 1. The molecule has 1 unspecified atom stereocenters. The average Bonchev–Trinajstić information content (AvgIpc) is 2.85. The maximum Gasteiger partial charge on any atom is 0.256 e. The van der Waals surface area contributed by atoms with E-state index < -0.39 is 18.4 Å². The van der Waals surface area contributed by atoms with E-state index in [4.69, 9.17) is 5.11 Å². The molecule has 0 radical (unpaired) electrons. The zero-order chi connectivity index (χ0) is 14.3. The summed E-state index contributed by atoms with van der Waals surface area (Å²) in [5, 5.41) is 13.2. The molecule has 1 atom stereocenters. The summed E-state index contributed by atoms with van der Waals surface area (Å²) in [6.07, 6.45) is 1.10. The lowest BCUT2D eigenvalue weighted by atomic mass is 9.94. The normalized spacial score (nSPS) is 22.4. The Morgan fingerprint density at radius 1 is 1.50 bits per heavy atom. The fraction of sp³-hybridized carbons (Fsp3) is 0.583. The van der Waals surface area contributed by atoms with Crippen LogP contribution in [0.1, 0.15) is 12.1 Å². The van der Waals surface area contributed by atoms with Crippen molar-refractivity contribution >= 4 is 11.6 Å². The Hall–Kier alpha value is -1.83. The van der Waals surface area contributed by atoms with Gasteiger partial charge in [0.05, 0.1) is 12.5 Å². The van der Waals surface area contributed by atoms with Crippen molar-refractivity contribution < 1.29 is 13.9 Å². The van der Waals surface area contributed by atoms with E-state index >= 15 is 0 Å². The molecular weight excluding hydrogens is 268 g/mol. The fourth-order valence-electron chi connectivity index (χ4n) is 2.51. The number of nitrogens with zero attached hydrogens (tertiary/aromatic N) is 5. The van der Waals surface area contributed by atoms with Gasteiger partial charge in [-0.05, 0) is 6.92 Å². The second-order valence-electron chi connectivity index (χ2n) is 5.06. The smallest absolute Gasteiger partial charge is 0.256 e. The first-order valence-electron chi connectivity index (χ1n) is 6.42. The maximum atomic E-state index is 13.7. The largest absolute Gasteiger partial charge is 0.396 e.